The van der Waals surface area contributed by atoms with Crippen LogP contribution in [0.4, 0.5) is 0 Å². The van der Waals surface area contributed by atoms with Crippen LogP contribution in [0.3, 0.4) is 0 Å². The fraction of sp³-hybridized carbons (Fsp3) is 0.625. The summed E-state index contributed by atoms with van der Waals surface area (Å²) in [7, 11) is 2.06. The van der Waals surface area contributed by atoms with Crippen LogP contribution in [0, 0.1) is 0 Å². The summed E-state index contributed by atoms with van der Waals surface area (Å²) in [5.74, 6) is 0.965. The van der Waals surface area contributed by atoms with E-state index in [9.17, 15) is 0 Å². The molecular weight excluding hydrogens is 222 g/mol. The van der Waals surface area contributed by atoms with Gasteiger partial charge in [-0.15, -0.1) is 0 Å². The van der Waals surface area contributed by atoms with Gasteiger partial charge in [-0.1, -0.05) is 25.5 Å². The molecule has 0 saturated carbocycles. The minimum absolute atomic E-state index is 0.245. The third-order valence-electron chi connectivity index (χ3n) is 3.12. The first-order chi connectivity index (χ1) is 8.65. The zero-order valence-electron chi connectivity index (χ0n) is 12.2. The molecule has 2 nitrogen and oxygen atoms in total. The molecule has 18 heavy (non-hydrogen) atoms. The zero-order chi connectivity index (χ0) is 13.4. The SMILES string of the molecule is CCCC(CCc1ccc(OC(C)C)cc1)NC. The highest BCUT2D eigenvalue weighted by Crippen LogP contribution is 2.16. The molecule has 1 unspecified atom stereocenters. The Morgan fingerprint density at radius 3 is 2.28 bits per heavy atom. The van der Waals surface area contributed by atoms with Crippen molar-refractivity contribution in [3.8, 4) is 5.75 Å². The molecule has 0 radical (unpaired) electrons. The van der Waals surface area contributed by atoms with Gasteiger partial charge in [0.2, 0.25) is 0 Å². The Hall–Kier alpha value is -1.02. The second-order valence-electron chi connectivity index (χ2n) is 5.12. The summed E-state index contributed by atoms with van der Waals surface area (Å²) in [4.78, 5) is 0. The number of hydrogen-bond acceptors (Lipinski definition) is 2. The summed E-state index contributed by atoms with van der Waals surface area (Å²) in [6, 6.07) is 9.14. The number of nitrogens with one attached hydrogen (secondary N) is 1. The Morgan fingerprint density at radius 1 is 1.11 bits per heavy atom. The molecule has 0 spiro atoms. The summed E-state index contributed by atoms with van der Waals surface area (Å²) in [6.45, 7) is 6.34. The molecule has 102 valence electrons. The Balaban J connectivity index is 2.43. The van der Waals surface area contributed by atoms with Gasteiger partial charge >= 0.3 is 0 Å². The van der Waals surface area contributed by atoms with E-state index in [0.29, 0.717) is 6.04 Å². The van der Waals surface area contributed by atoms with Crippen molar-refractivity contribution >= 4 is 0 Å². The number of benzene rings is 1. The summed E-state index contributed by atoms with van der Waals surface area (Å²) in [6.07, 6.45) is 5.08. The summed E-state index contributed by atoms with van der Waals surface area (Å²) in [5, 5.41) is 3.39. The first kappa shape index (κ1) is 15.0. The van der Waals surface area contributed by atoms with E-state index in [0.717, 1.165) is 12.2 Å². The topological polar surface area (TPSA) is 21.3 Å². The van der Waals surface area contributed by atoms with Crippen LogP contribution in [0.2, 0.25) is 0 Å². The van der Waals surface area contributed by atoms with Gasteiger partial charge in [-0.05, 0) is 57.9 Å². The van der Waals surface area contributed by atoms with Gasteiger partial charge in [0.1, 0.15) is 5.75 Å². The minimum Gasteiger partial charge on any atom is -0.491 e. The molecule has 1 aromatic carbocycles. The molecule has 0 saturated heterocycles. The Kier molecular flexibility index (Phi) is 6.81. The predicted molar refractivity (Wildman–Crippen MR) is 78.3 cm³/mol. The molecule has 0 aliphatic carbocycles. The van der Waals surface area contributed by atoms with Crippen LogP contribution >= 0.6 is 0 Å². The molecular formula is C16H27NO. The van der Waals surface area contributed by atoms with E-state index < -0.39 is 0 Å². The number of aryl methyl sites for hydroxylation is 1. The van der Waals surface area contributed by atoms with Crippen molar-refractivity contribution in [2.75, 3.05) is 7.05 Å². The van der Waals surface area contributed by atoms with E-state index in [-0.39, 0.29) is 6.10 Å². The maximum atomic E-state index is 5.64. The Morgan fingerprint density at radius 2 is 1.78 bits per heavy atom. The van der Waals surface area contributed by atoms with Crippen LogP contribution in [-0.2, 0) is 6.42 Å². The molecule has 1 rings (SSSR count). The lowest BCUT2D eigenvalue weighted by atomic mass is 10.0. The molecule has 1 atom stereocenters. The highest BCUT2D eigenvalue weighted by molar-refractivity contribution is 5.27. The van der Waals surface area contributed by atoms with Crippen molar-refractivity contribution in [2.24, 2.45) is 0 Å². The van der Waals surface area contributed by atoms with Crippen molar-refractivity contribution in [1.82, 2.24) is 5.32 Å². The van der Waals surface area contributed by atoms with E-state index in [1.165, 1.54) is 24.8 Å². The van der Waals surface area contributed by atoms with Crippen molar-refractivity contribution in [2.45, 2.75) is 58.6 Å². The second-order valence-corrected chi connectivity index (χ2v) is 5.12. The molecule has 0 amide bonds. The van der Waals surface area contributed by atoms with Crippen molar-refractivity contribution in [3.05, 3.63) is 29.8 Å². The largest absolute Gasteiger partial charge is 0.491 e. The Bertz CT molecular complexity index is 318. The average molecular weight is 249 g/mol. The molecule has 0 aromatic heterocycles. The van der Waals surface area contributed by atoms with Gasteiger partial charge in [0.05, 0.1) is 6.10 Å². The lowest BCUT2D eigenvalue weighted by Gasteiger charge is -2.15. The van der Waals surface area contributed by atoms with Crippen molar-refractivity contribution in [3.63, 3.8) is 0 Å². The third-order valence-corrected chi connectivity index (χ3v) is 3.12. The van der Waals surface area contributed by atoms with Crippen LogP contribution in [0.5, 0.6) is 5.75 Å². The highest BCUT2D eigenvalue weighted by atomic mass is 16.5. The van der Waals surface area contributed by atoms with Gasteiger partial charge in [0, 0.05) is 6.04 Å². The van der Waals surface area contributed by atoms with Gasteiger partial charge in [0.15, 0.2) is 0 Å². The van der Waals surface area contributed by atoms with Crippen molar-refractivity contribution < 1.29 is 4.74 Å². The quantitative estimate of drug-likeness (QED) is 0.756. The fourth-order valence-electron chi connectivity index (χ4n) is 2.13. The summed E-state index contributed by atoms with van der Waals surface area (Å²) in [5.41, 5.74) is 1.39. The van der Waals surface area contributed by atoms with Crippen LogP contribution in [-0.4, -0.2) is 19.2 Å². The average Bonchev–Trinajstić information content (AvgIpc) is 2.35. The lowest BCUT2D eigenvalue weighted by molar-refractivity contribution is 0.242. The third kappa shape index (κ3) is 5.54. The van der Waals surface area contributed by atoms with Crippen LogP contribution in [0.15, 0.2) is 24.3 Å². The molecule has 0 fully saturated rings. The van der Waals surface area contributed by atoms with E-state index in [4.69, 9.17) is 4.74 Å². The predicted octanol–water partition coefficient (Wildman–Crippen LogP) is 3.79. The Labute approximate surface area is 112 Å². The number of rotatable bonds is 8. The maximum Gasteiger partial charge on any atom is 0.119 e. The zero-order valence-corrected chi connectivity index (χ0v) is 12.2. The molecule has 0 heterocycles. The van der Waals surface area contributed by atoms with Gasteiger partial charge < -0.3 is 10.1 Å². The smallest absolute Gasteiger partial charge is 0.119 e. The molecule has 1 N–H and O–H groups in total. The maximum absolute atomic E-state index is 5.64. The number of hydrogen-bond donors (Lipinski definition) is 1. The lowest BCUT2D eigenvalue weighted by Crippen LogP contribution is -2.25. The molecule has 0 bridgehead atoms. The first-order valence-electron chi connectivity index (χ1n) is 7.08. The van der Waals surface area contributed by atoms with E-state index in [1.807, 2.05) is 0 Å². The standard InChI is InChI=1S/C16H27NO/c1-5-6-15(17-4)10-7-14-8-11-16(12-9-14)18-13(2)3/h8-9,11-13,15,17H,5-7,10H2,1-4H3. The number of ether oxygens (including phenoxy) is 1. The summed E-state index contributed by atoms with van der Waals surface area (Å²) < 4.78 is 5.64. The van der Waals surface area contributed by atoms with Crippen LogP contribution in [0.1, 0.15) is 45.6 Å². The highest BCUT2D eigenvalue weighted by Gasteiger charge is 2.05. The van der Waals surface area contributed by atoms with Crippen LogP contribution < -0.4 is 10.1 Å². The minimum atomic E-state index is 0.245. The van der Waals surface area contributed by atoms with Crippen LogP contribution in [0.25, 0.3) is 0 Å². The molecule has 1 aromatic rings. The molecule has 0 aliphatic heterocycles. The fourth-order valence-corrected chi connectivity index (χ4v) is 2.13. The van der Waals surface area contributed by atoms with Crippen molar-refractivity contribution in [1.29, 1.82) is 0 Å². The first-order valence-corrected chi connectivity index (χ1v) is 7.08. The summed E-state index contributed by atoms with van der Waals surface area (Å²) >= 11 is 0. The van der Waals surface area contributed by atoms with E-state index >= 15 is 0 Å². The van der Waals surface area contributed by atoms with Gasteiger partial charge in [-0.3, -0.25) is 0 Å². The van der Waals surface area contributed by atoms with E-state index in [1.54, 1.807) is 0 Å². The molecule has 2 heteroatoms. The van der Waals surface area contributed by atoms with Gasteiger partial charge in [-0.2, -0.15) is 0 Å². The van der Waals surface area contributed by atoms with E-state index in [2.05, 4.69) is 57.4 Å². The van der Waals surface area contributed by atoms with Gasteiger partial charge in [0.25, 0.3) is 0 Å². The second kappa shape index (κ2) is 8.15. The molecule has 0 aliphatic rings. The monoisotopic (exact) mass is 249 g/mol. The van der Waals surface area contributed by atoms with Gasteiger partial charge in [-0.25, -0.2) is 0 Å². The normalized spacial score (nSPS) is 12.7.